The Labute approximate surface area is 171 Å². The maximum absolute atomic E-state index is 12.8. The number of benzene rings is 4. The van der Waals surface area contributed by atoms with Gasteiger partial charge < -0.3 is 15.4 Å². The average Bonchev–Trinajstić information content (AvgIpc) is 3.07. The van der Waals surface area contributed by atoms with Gasteiger partial charge in [0.1, 0.15) is 5.75 Å². The molecule has 0 unspecified atom stereocenters. The number of phenolic OH excluding ortho intramolecular Hbond substituents is 1. The van der Waals surface area contributed by atoms with Crippen molar-refractivity contribution in [3.8, 4) is 5.75 Å². The minimum atomic E-state index is -0.345. The molecule has 0 atom stereocenters. The highest BCUT2D eigenvalue weighted by Crippen LogP contribution is 2.35. The summed E-state index contributed by atoms with van der Waals surface area (Å²) in [6.07, 6.45) is 0. The fraction of sp³-hybridized carbons (Fsp3) is 0.0417. The van der Waals surface area contributed by atoms with Crippen molar-refractivity contribution in [2.24, 2.45) is 0 Å². The molecule has 1 aromatic heterocycles. The van der Waals surface area contributed by atoms with Crippen LogP contribution in [0.1, 0.15) is 15.9 Å². The molecule has 5 heteroatoms. The Bertz CT molecular complexity index is 1440. The van der Waals surface area contributed by atoms with E-state index in [-0.39, 0.29) is 17.2 Å². The molecule has 0 aliphatic rings. The quantitative estimate of drug-likeness (QED) is 0.321. The van der Waals surface area contributed by atoms with E-state index in [1.165, 1.54) is 0 Å². The van der Waals surface area contributed by atoms with Crippen molar-refractivity contribution in [1.82, 2.24) is 4.98 Å². The highest BCUT2D eigenvalue weighted by atomic mass is 35.5. The van der Waals surface area contributed by atoms with Gasteiger partial charge in [0.15, 0.2) is 0 Å². The third kappa shape index (κ3) is 2.89. The maximum Gasteiger partial charge on any atom is 0.259 e. The molecule has 142 valence electrons. The smallest absolute Gasteiger partial charge is 0.259 e. The number of aromatic nitrogens is 1. The summed E-state index contributed by atoms with van der Waals surface area (Å²) >= 11 is 6.15. The van der Waals surface area contributed by atoms with E-state index in [9.17, 15) is 9.90 Å². The van der Waals surface area contributed by atoms with Crippen molar-refractivity contribution in [2.75, 3.05) is 5.32 Å². The van der Waals surface area contributed by atoms with Gasteiger partial charge in [-0.05, 0) is 54.3 Å². The molecular formula is C24H17ClN2O2. The van der Waals surface area contributed by atoms with Crippen LogP contribution in [0.25, 0.3) is 32.6 Å². The van der Waals surface area contributed by atoms with Crippen LogP contribution < -0.4 is 5.32 Å². The maximum atomic E-state index is 12.8. The standard InChI is InChI=1S/C24H17ClN2O2/c1-13-4-2-3-5-20(13)27-24(29)19-10-14-6-8-16-18-11-15(25)7-9-21(18)26-23(16)17(14)12-22(19)28/h2-12,26,28H,1H3,(H,27,29). The number of amides is 1. The van der Waals surface area contributed by atoms with Gasteiger partial charge in [0.2, 0.25) is 0 Å². The Morgan fingerprint density at radius 2 is 1.79 bits per heavy atom. The molecule has 1 heterocycles. The second kappa shape index (κ2) is 6.54. The first-order valence-electron chi connectivity index (χ1n) is 9.25. The summed E-state index contributed by atoms with van der Waals surface area (Å²) in [5.41, 5.74) is 3.79. The van der Waals surface area contributed by atoms with Crippen LogP contribution in [-0.2, 0) is 0 Å². The molecule has 0 saturated heterocycles. The Morgan fingerprint density at radius 1 is 0.966 bits per heavy atom. The first-order valence-corrected chi connectivity index (χ1v) is 9.63. The molecule has 0 fully saturated rings. The normalized spacial score (nSPS) is 11.4. The molecule has 5 aromatic rings. The Morgan fingerprint density at radius 3 is 2.62 bits per heavy atom. The lowest BCUT2D eigenvalue weighted by Gasteiger charge is -2.11. The molecular weight excluding hydrogens is 384 g/mol. The van der Waals surface area contributed by atoms with E-state index < -0.39 is 0 Å². The predicted molar refractivity (Wildman–Crippen MR) is 119 cm³/mol. The van der Waals surface area contributed by atoms with Gasteiger partial charge >= 0.3 is 0 Å². The van der Waals surface area contributed by atoms with Crippen molar-refractivity contribution in [2.45, 2.75) is 6.92 Å². The van der Waals surface area contributed by atoms with E-state index in [0.717, 1.165) is 43.8 Å². The van der Waals surface area contributed by atoms with Crippen LogP contribution >= 0.6 is 11.6 Å². The Hall–Kier alpha value is -3.50. The highest BCUT2D eigenvalue weighted by molar-refractivity contribution is 6.32. The number of rotatable bonds is 2. The lowest BCUT2D eigenvalue weighted by Crippen LogP contribution is -2.13. The highest BCUT2D eigenvalue weighted by Gasteiger charge is 2.16. The molecule has 29 heavy (non-hydrogen) atoms. The number of hydrogen-bond acceptors (Lipinski definition) is 2. The molecule has 0 saturated carbocycles. The van der Waals surface area contributed by atoms with Crippen molar-refractivity contribution < 1.29 is 9.90 Å². The van der Waals surface area contributed by atoms with Crippen molar-refractivity contribution >= 4 is 55.8 Å². The van der Waals surface area contributed by atoms with Crippen molar-refractivity contribution in [3.05, 3.63) is 82.9 Å². The summed E-state index contributed by atoms with van der Waals surface area (Å²) in [5, 5.41) is 17.9. The van der Waals surface area contributed by atoms with E-state index in [1.54, 1.807) is 12.1 Å². The Balaban J connectivity index is 1.64. The molecule has 4 nitrogen and oxygen atoms in total. The fourth-order valence-electron chi connectivity index (χ4n) is 3.79. The summed E-state index contributed by atoms with van der Waals surface area (Å²) < 4.78 is 0. The van der Waals surface area contributed by atoms with Crippen LogP contribution in [0.3, 0.4) is 0 Å². The molecule has 3 N–H and O–H groups in total. The van der Waals surface area contributed by atoms with Crippen molar-refractivity contribution in [1.29, 1.82) is 0 Å². The lowest BCUT2D eigenvalue weighted by atomic mass is 10.0. The number of para-hydroxylation sites is 1. The monoisotopic (exact) mass is 400 g/mol. The van der Waals surface area contributed by atoms with E-state index in [4.69, 9.17) is 11.6 Å². The number of halogens is 1. The van der Waals surface area contributed by atoms with Gasteiger partial charge in [0.05, 0.1) is 11.1 Å². The van der Waals surface area contributed by atoms with Crippen LogP contribution in [0.5, 0.6) is 5.75 Å². The molecule has 5 rings (SSSR count). The number of aromatic amines is 1. The van der Waals surface area contributed by atoms with Gasteiger partial charge in [-0.15, -0.1) is 0 Å². The fourth-order valence-corrected chi connectivity index (χ4v) is 3.96. The van der Waals surface area contributed by atoms with Gasteiger partial charge in [-0.2, -0.15) is 0 Å². The van der Waals surface area contributed by atoms with Gasteiger partial charge in [0, 0.05) is 32.4 Å². The number of hydrogen-bond donors (Lipinski definition) is 3. The van der Waals surface area contributed by atoms with Crippen LogP contribution in [-0.4, -0.2) is 16.0 Å². The molecule has 0 radical (unpaired) electrons. The van der Waals surface area contributed by atoms with Crippen LogP contribution in [0.15, 0.2) is 66.7 Å². The largest absolute Gasteiger partial charge is 0.507 e. The van der Waals surface area contributed by atoms with Crippen LogP contribution in [0, 0.1) is 6.92 Å². The zero-order chi connectivity index (χ0) is 20.1. The molecule has 4 aromatic carbocycles. The summed E-state index contributed by atoms with van der Waals surface area (Å²) in [6, 6.07) is 20.6. The number of carbonyl (C=O) groups excluding carboxylic acids is 1. The summed E-state index contributed by atoms with van der Waals surface area (Å²) in [7, 11) is 0. The topological polar surface area (TPSA) is 65.1 Å². The van der Waals surface area contributed by atoms with E-state index in [2.05, 4.69) is 10.3 Å². The SMILES string of the molecule is Cc1ccccc1NC(=O)c1cc2ccc3c4cc(Cl)ccc4[nH]c3c2cc1O. The van der Waals surface area contributed by atoms with Gasteiger partial charge in [-0.3, -0.25) is 4.79 Å². The second-order valence-electron chi connectivity index (χ2n) is 7.16. The molecule has 0 spiro atoms. The summed E-state index contributed by atoms with van der Waals surface area (Å²) in [6.45, 7) is 1.93. The second-order valence-corrected chi connectivity index (χ2v) is 7.60. The Kier molecular flexibility index (Phi) is 3.96. The molecule has 0 aliphatic heterocycles. The number of aryl methyl sites for hydroxylation is 1. The molecule has 1 amide bonds. The third-order valence-electron chi connectivity index (χ3n) is 5.31. The number of phenols is 1. The number of aromatic hydroxyl groups is 1. The number of carbonyl (C=O) groups is 1. The number of anilines is 1. The predicted octanol–water partition coefficient (Wildman–Crippen LogP) is 6.39. The van der Waals surface area contributed by atoms with Crippen LogP contribution in [0.4, 0.5) is 5.69 Å². The summed E-state index contributed by atoms with van der Waals surface area (Å²) in [5.74, 6) is -0.407. The molecule has 0 bridgehead atoms. The number of H-pyrrole nitrogens is 1. The average molecular weight is 401 g/mol. The summed E-state index contributed by atoms with van der Waals surface area (Å²) in [4.78, 5) is 16.2. The third-order valence-corrected chi connectivity index (χ3v) is 5.54. The number of fused-ring (bicyclic) bond motifs is 5. The first kappa shape index (κ1) is 17.6. The minimum absolute atomic E-state index is 0.0622. The van der Waals surface area contributed by atoms with Gasteiger partial charge in [0.25, 0.3) is 5.91 Å². The van der Waals surface area contributed by atoms with Crippen molar-refractivity contribution in [3.63, 3.8) is 0 Å². The number of nitrogens with one attached hydrogen (secondary N) is 2. The van der Waals surface area contributed by atoms with E-state index in [1.807, 2.05) is 61.5 Å². The first-order chi connectivity index (χ1) is 14.0. The zero-order valence-corrected chi connectivity index (χ0v) is 16.3. The zero-order valence-electron chi connectivity index (χ0n) is 15.6. The van der Waals surface area contributed by atoms with E-state index in [0.29, 0.717) is 5.02 Å². The minimum Gasteiger partial charge on any atom is -0.507 e. The van der Waals surface area contributed by atoms with Crippen LogP contribution in [0.2, 0.25) is 5.02 Å². The molecule has 0 aliphatic carbocycles. The lowest BCUT2D eigenvalue weighted by molar-refractivity contribution is 0.102. The van der Waals surface area contributed by atoms with Gasteiger partial charge in [-0.1, -0.05) is 41.9 Å². The van der Waals surface area contributed by atoms with Gasteiger partial charge in [-0.25, -0.2) is 0 Å². The van der Waals surface area contributed by atoms with E-state index >= 15 is 0 Å².